The minimum atomic E-state index is 0.0490. The predicted molar refractivity (Wildman–Crippen MR) is 95.6 cm³/mol. The zero-order valence-corrected chi connectivity index (χ0v) is 14.4. The Hall–Kier alpha value is -2.30. The number of aromatic nitrogens is 2. The molecular formula is C19H24N4O. The fourth-order valence-corrected chi connectivity index (χ4v) is 3.96. The first-order valence-corrected chi connectivity index (χ1v) is 8.87. The van der Waals surface area contributed by atoms with Gasteiger partial charge >= 0.3 is 0 Å². The Morgan fingerprint density at radius 2 is 2.08 bits per heavy atom. The van der Waals surface area contributed by atoms with Crippen molar-refractivity contribution in [3.05, 3.63) is 41.5 Å². The number of rotatable bonds is 3. The van der Waals surface area contributed by atoms with Gasteiger partial charge in [0.15, 0.2) is 0 Å². The van der Waals surface area contributed by atoms with Crippen LogP contribution in [0.1, 0.15) is 48.9 Å². The van der Waals surface area contributed by atoms with Crippen LogP contribution in [0.2, 0.25) is 0 Å². The number of imidazole rings is 1. The number of benzene rings is 1. The van der Waals surface area contributed by atoms with E-state index in [1.807, 2.05) is 6.33 Å². The lowest BCUT2D eigenvalue weighted by molar-refractivity contribution is -0.116. The van der Waals surface area contributed by atoms with Gasteiger partial charge in [-0.05, 0) is 43.9 Å². The van der Waals surface area contributed by atoms with Gasteiger partial charge in [-0.25, -0.2) is 4.98 Å². The number of hydrogen-bond acceptors (Lipinski definition) is 3. The van der Waals surface area contributed by atoms with E-state index in [9.17, 15) is 4.79 Å². The topological polar surface area (TPSA) is 50.2 Å². The van der Waals surface area contributed by atoms with Gasteiger partial charge in [0.25, 0.3) is 0 Å². The largest absolute Gasteiger partial charge is 0.371 e. The van der Waals surface area contributed by atoms with E-state index in [-0.39, 0.29) is 11.8 Å². The van der Waals surface area contributed by atoms with Crippen LogP contribution in [0.25, 0.3) is 0 Å². The molecule has 0 radical (unpaired) electrons. The highest BCUT2D eigenvalue weighted by Crippen LogP contribution is 2.41. The minimum Gasteiger partial charge on any atom is -0.371 e. The van der Waals surface area contributed by atoms with Gasteiger partial charge in [-0.2, -0.15) is 0 Å². The first kappa shape index (κ1) is 15.2. The van der Waals surface area contributed by atoms with Crippen molar-refractivity contribution in [2.45, 2.75) is 45.6 Å². The van der Waals surface area contributed by atoms with E-state index in [1.54, 1.807) is 0 Å². The molecule has 0 spiro atoms. The maximum absolute atomic E-state index is 12.3. The summed E-state index contributed by atoms with van der Waals surface area (Å²) >= 11 is 0. The zero-order valence-electron chi connectivity index (χ0n) is 14.4. The Kier molecular flexibility index (Phi) is 3.79. The van der Waals surface area contributed by atoms with Gasteiger partial charge < -0.3 is 14.8 Å². The van der Waals surface area contributed by atoms with Crippen LogP contribution in [0.3, 0.4) is 0 Å². The molecule has 3 heterocycles. The average Bonchev–Trinajstić information content (AvgIpc) is 3.26. The molecule has 2 aromatic rings. The van der Waals surface area contributed by atoms with Gasteiger partial charge in [0.2, 0.25) is 5.91 Å². The van der Waals surface area contributed by atoms with Crippen molar-refractivity contribution in [3.63, 3.8) is 0 Å². The fraction of sp³-hybridized carbons (Fsp3) is 0.474. The van der Waals surface area contributed by atoms with Crippen LogP contribution in [-0.2, 0) is 11.3 Å². The number of aryl methyl sites for hydroxylation is 1. The number of carbonyl (C=O) groups excluding carboxylic acids is 1. The minimum absolute atomic E-state index is 0.0490. The summed E-state index contributed by atoms with van der Waals surface area (Å²) in [5.41, 5.74) is 5.61. The van der Waals surface area contributed by atoms with E-state index < -0.39 is 0 Å². The number of hydrogen-bond donors (Lipinski definition) is 1. The highest BCUT2D eigenvalue weighted by Gasteiger charge is 2.30. The number of carbonyl (C=O) groups is 1. The maximum Gasteiger partial charge on any atom is 0.225 e. The molecule has 1 unspecified atom stereocenters. The first-order chi connectivity index (χ1) is 11.7. The van der Waals surface area contributed by atoms with Gasteiger partial charge in [-0.3, -0.25) is 4.79 Å². The third-order valence-electron chi connectivity index (χ3n) is 5.32. The third kappa shape index (κ3) is 2.48. The molecule has 1 atom stereocenters. The SMILES string of the molecule is CCn1cnc(C2CC(=O)Nc3c2ccc(N2CCCC2)c3C)c1. The highest BCUT2D eigenvalue weighted by molar-refractivity contribution is 5.97. The van der Waals surface area contributed by atoms with E-state index >= 15 is 0 Å². The molecule has 0 bridgehead atoms. The zero-order chi connectivity index (χ0) is 16.7. The van der Waals surface area contributed by atoms with Gasteiger partial charge in [-0.1, -0.05) is 6.07 Å². The third-order valence-corrected chi connectivity index (χ3v) is 5.32. The summed E-state index contributed by atoms with van der Waals surface area (Å²) in [5, 5.41) is 3.11. The summed E-state index contributed by atoms with van der Waals surface area (Å²) in [6.45, 7) is 7.33. The fourth-order valence-electron chi connectivity index (χ4n) is 3.96. The smallest absolute Gasteiger partial charge is 0.225 e. The van der Waals surface area contributed by atoms with Crippen LogP contribution in [-0.4, -0.2) is 28.5 Å². The second kappa shape index (κ2) is 5.96. The van der Waals surface area contributed by atoms with Crippen molar-refractivity contribution >= 4 is 17.3 Å². The van der Waals surface area contributed by atoms with Crippen molar-refractivity contribution in [2.75, 3.05) is 23.3 Å². The summed E-state index contributed by atoms with van der Waals surface area (Å²) in [5.74, 6) is 0.132. The number of nitrogens with one attached hydrogen (secondary N) is 1. The molecule has 1 saturated heterocycles. The van der Waals surface area contributed by atoms with E-state index in [2.05, 4.69) is 51.9 Å². The second-order valence-electron chi connectivity index (χ2n) is 6.80. The standard InChI is InChI=1S/C19H24N4O/c1-3-22-11-16(20-12-22)15-10-18(24)21-19-13(2)17(7-6-14(15)19)23-8-4-5-9-23/h6-7,11-12,15H,3-5,8-10H2,1-2H3,(H,21,24). The van der Waals surface area contributed by atoms with Crippen LogP contribution in [0.15, 0.2) is 24.7 Å². The number of nitrogens with zero attached hydrogens (tertiary/aromatic N) is 3. The summed E-state index contributed by atoms with van der Waals surface area (Å²) < 4.78 is 2.06. The van der Waals surface area contributed by atoms with Crippen LogP contribution >= 0.6 is 0 Å². The second-order valence-corrected chi connectivity index (χ2v) is 6.80. The molecule has 1 aromatic heterocycles. The van der Waals surface area contributed by atoms with E-state index in [4.69, 9.17) is 0 Å². The molecule has 5 heteroatoms. The molecule has 4 rings (SSSR count). The summed E-state index contributed by atoms with van der Waals surface area (Å²) in [7, 11) is 0. The lowest BCUT2D eigenvalue weighted by Gasteiger charge is -2.29. The van der Waals surface area contributed by atoms with Crippen LogP contribution in [0.5, 0.6) is 0 Å². The molecular weight excluding hydrogens is 300 g/mol. The Morgan fingerprint density at radius 1 is 1.29 bits per heavy atom. The number of amides is 1. The Bertz CT molecular complexity index is 774. The quantitative estimate of drug-likeness (QED) is 0.942. The van der Waals surface area contributed by atoms with Crippen LogP contribution in [0, 0.1) is 6.92 Å². The lowest BCUT2D eigenvalue weighted by Crippen LogP contribution is -2.26. The molecule has 2 aliphatic heterocycles. The molecule has 1 amide bonds. The Balaban J connectivity index is 1.76. The van der Waals surface area contributed by atoms with Crippen LogP contribution < -0.4 is 10.2 Å². The van der Waals surface area contributed by atoms with Crippen molar-refractivity contribution in [1.82, 2.24) is 9.55 Å². The average molecular weight is 324 g/mol. The molecule has 5 nitrogen and oxygen atoms in total. The van der Waals surface area contributed by atoms with Crippen LogP contribution in [0.4, 0.5) is 11.4 Å². The summed E-state index contributed by atoms with van der Waals surface area (Å²) in [6, 6.07) is 4.41. The predicted octanol–water partition coefficient (Wildman–Crippen LogP) is 3.29. The molecule has 0 saturated carbocycles. The maximum atomic E-state index is 12.3. The highest BCUT2D eigenvalue weighted by atomic mass is 16.1. The molecule has 2 aliphatic rings. The summed E-state index contributed by atoms with van der Waals surface area (Å²) in [6.07, 6.45) is 6.89. The van der Waals surface area contributed by atoms with E-state index in [0.717, 1.165) is 31.0 Å². The monoisotopic (exact) mass is 324 g/mol. The molecule has 126 valence electrons. The molecule has 24 heavy (non-hydrogen) atoms. The lowest BCUT2D eigenvalue weighted by atomic mass is 9.86. The molecule has 1 N–H and O–H groups in total. The van der Waals surface area contributed by atoms with Crippen molar-refractivity contribution in [1.29, 1.82) is 0 Å². The Morgan fingerprint density at radius 3 is 2.79 bits per heavy atom. The summed E-state index contributed by atoms with van der Waals surface area (Å²) in [4.78, 5) is 19.3. The van der Waals surface area contributed by atoms with Crippen molar-refractivity contribution in [2.24, 2.45) is 0 Å². The first-order valence-electron chi connectivity index (χ1n) is 8.87. The van der Waals surface area contributed by atoms with E-state index in [0.29, 0.717) is 6.42 Å². The van der Waals surface area contributed by atoms with Gasteiger partial charge in [0.05, 0.1) is 12.0 Å². The van der Waals surface area contributed by atoms with E-state index in [1.165, 1.54) is 29.7 Å². The van der Waals surface area contributed by atoms with Crippen molar-refractivity contribution in [3.8, 4) is 0 Å². The Labute approximate surface area is 142 Å². The number of fused-ring (bicyclic) bond motifs is 1. The molecule has 1 aromatic carbocycles. The van der Waals surface area contributed by atoms with Gasteiger partial charge in [0.1, 0.15) is 0 Å². The molecule has 1 fully saturated rings. The van der Waals surface area contributed by atoms with Gasteiger partial charge in [-0.15, -0.1) is 0 Å². The normalized spacial score (nSPS) is 20.2. The number of anilines is 2. The van der Waals surface area contributed by atoms with Gasteiger partial charge in [0, 0.05) is 49.5 Å². The van der Waals surface area contributed by atoms with Crippen molar-refractivity contribution < 1.29 is 4.79 Å². The molecule has 0 aliphatic carbocycles.